The van der Waals surface area contributed by atoms with Gasteiger partial charge in [-0.1, -0.05) is 24.3 Å². The molecule has 0 atom stereocenters. The molecule has 0 radical (unpaired) electrons. The second-order valence-electron chi connectivity index (χ2n) is 4.87. The van der Waals surface area contributed by atoms with E-state index in [0.29, 0.717) is 18.4 Å². The number of nitrogens with zero attached hydrogens (tertiary/aromatic N) is 1. The largest absolute Gasteiger partial charge is 0.508 e. The van der Waals surface area contributed by atoms with E-state index >= 15 is 0 Å². The Labute approximate surface area is 128 Å². The van der Waals surface area contributed by atoms with Gasteiger partial charge < -0.3 is 10.2 Å². The van der Waals surface area contributed by atoms with Crippen LogP contribution in [0.1, 0.15) is 24.0 Å². The number of hydrogen-bond donors (Lipinski definition) is 3. The molecule has 5 nitrogen and oxygen atoms in total. The number of aryl methyl sites for hydroxylation is 1. The Morgan fingerprint density at radius 2 is 1.82 bits per heavy atom. The number of benzene rings is 2. The number of nitrogens with one attached hydrogen (secondary N) is 1. The van der Waals surface area contributed by atoms with E-state index in [1.165, 1.54) is 6.21 Å². The normalized spacial score (nSPS) is 10.7. The molecule has 114 valence electrons. The van der Waals surface area contributed by atoms with Gasteiger partial charge in [0, 0.05) is 12.0 Å². The number of hydrazone groups is 1. The molecule has 22 heavy (non-hydrogen) atoms. The molecule has 0 aliphatic rings. The predicted octanol–water partition coefficient (Wildman–Crippen LogP) is 2.57. The Hall–Kier alpha value is -2.82. The van der Waals surface area contributed by atoms with Gasteiger partial charge >= 0.3 is 0 Å². The van der Waals surface area contributed by atoms with Gasteiger partial charge in [-0.2, -0.15) is 5.10 Å². The Kier molecular flexibility index (Phi) is 5.54. The molecule has 2 aromatic rings. The molecule has 0 spiro atoms. The summed E-state index contributed by atoms with van der Waals surface area (Å²) in [5, 5.41) is 22.5. The summed E-state index contributed by atoms with van der Waals surface area (Å²) < 4.78 is 0. The van der Waals surface area contributed by atoms with Crippen LogP contribution in [-0.4, -0.2) is 22.3 Å². The summed E-state index contributed by atoms with van der Waals surface area (Å²) in [7, 11) is 0. The van der Waals surface area contributed by atoms with Crippen LogP contribution in [0.3, 0.4) is 0 Å². The lowest BCUT2D eigenvalue weighted by Gasteiger charge is -2.02. The van der Waals surface area contributed by atoms with Crippen molar-refractivity contribution >= 4 is 12.1 Å². The number of hydrogen-bond acceptors (Lipinski definition) is 4. The fourth-order valence-electron chi connectivity index (χ4n) is 1.94. The molecule has 2 rings (SSSR count). The van der Waals surface area contributed by atoms with E-state index in [-0.39, 0.29) is 17.4 Å². The Bertz CT molecular complexity index is 651. The lowest BCUT2D eigenvalue weighted by molar-refractivity contribution is -0.121. The summed E-state index contributed by atoms with van der Waals surface area (Å²) >= 11 is 0. The summed E-state index contributed by atoms with van der Waals surface area (Å²) in [6, 6.07) is 13.7. The van der Waals surface area contributed by atoms with Crippen molar-refractivity contribution in [2.24, 2.45) is 5.10 Å². The molecule has 0 aromatic heterocycles. The number of aromatic hydroxyl groups is 2. The minimum absolute atomic E-state index is 0.118. The number of carbonyl (C=O) groups excluding carboxylic acids is 1. The molecular formula is C17H18N2O3. The van der Waals surface area contributed by atoms with E-state index in [4.69, 9.17) is 0 Å². The highest BCUT2D eigenvalue weighted by atomic mass is 16.3. The maximum Gasteiger partial charge on any atom is 0.240 e. The van der Waals surface area contributed by atoms with E-state index in [0.717, 1.165) is 12.0 Å². The van der Waals surface area contributed by atoms with Crippen LogP contribution in [0, 0.1) is 0 Å². The molecule has 5 heteroatoms. The second kappa shape index (κ2) is 7.83. The van der Waals surface area contributed by atoms with Crippen LogP contribution in [-0.2, 0) is 11.2 Å². The van der Waals surface area contributed by atoms with Crippen molar-refractivity contribution in [3.63, 3.8) is 0 Å². The van der Waals surface area contributed by atoms with Crippen molar-refractivity contribution in [1.29, 1.82) is 0 Å². The van der Waals surface area contributed by atoms with Gasteiger partial charge in [-0.25, -0.2) is 5.43 Å². The third-order valence-corrected chi connectivity index (χ3v) is 3.14. The highest BCUT2D eigenvalue weighted by Gasteiger charge is 2.01. The number of phenols is 2. The molecule has 1 amide bonds. The van der Waals surface area contributed by atoms with Crippen LogP contribution in [0.4, 0.5) is 0 Å². The zero-order chi connectivity index (χ0) is 15.8. The SMILES string of the molecule is O=C(CCCc1ccc(O)cc1)N/N=C/c1ccccc1O. The topological polar surface area (TPSA) is 81.9 Å². The van der Waals surface area contributed by atoms with Crippen LogP contribution >= 0.6 is 0 Å². The Morgan fingerprint density at radius 3 is 2.55 bits per heavy atom. The maximum atomic E-state index is 11.6. The average molecular weight is 298 g/mol. The van der Waals surface area contributed by atoms with E-state index in [1.54, 1.807) is 36.4 Å². The standard InChI is InChI=1S/C17H18N2O3/c20-15-10-8-13(9-11-15)4-3-7-17(22)19-18-12-14-5-1-2-6-16(14)21/h1-2,5-6,8-12,20-21H,3-4,7H2,(H,19,22)/b18-12+. The van der Waals surface area contributed by atoms with Gasteiger partial charge in [0.1, 0.15) is 11.5 Å². The van der Waals surface area contributed by atoms with E-state index < -0.39 is 0 Å². The molecule has 0 saturated carbocycles. The molecule has 0 aliphatic heterocycles. The number of carbonyl (C=O) groups is 1. The molecule has 0 unspecified atom stereocenters. The molecule has 2 aromatic carbocycles. The lowest BCUT2D eigenvalue weighted by Crippen LogP contribution is -2.17. The lowest BCUT2D eigenvalue weighted by atomic mass is 10.1. The van der Waals surface area contributed by atoms with E-state index in [2.05, 4.69) is 10.5 Å². The van der Waals surface area contributed by atoms with Crippen LogP contribution in [0.5, 0.6) is 11.5 Å². The molecule has 0 heterocycles. The molecule has 0 aliphatic carbocycles. The zero-order valence-corrected chi connectivity index (χ0v) is 12.1. The Balaban J connectivity index is 1.72. The van der Waals surface area contributed by atoms with Crippen molar-refractivity contribution < 1.29 is 15.0 Å². The minimum Gasteiger partial charge on any atom is -0.508 e. The first-order valence-corrected chi connectivity index (χ1v) is 7.03. The number of rotatable bonds is 6. The monoisotopic (exact) mass is 298 g/mol. The second-order valence-corrected chi connectivity index (χ2v) is 4.87. The highest BCUT2D eigenvalue weighted by molar-refractivity contribution is 5.84. The van der Waals surface area contributed by atoms with Gasteiger partial charge in [0.25, 0.3) is 0 Å². The van der Waals surface area contributed by atoms with Gasteiger partial charge in [0.05, 0.1) is 6.21 Å². The summed E-state index contributed by atoms with van der Waals surface area (Å²) in [6.07, 6.45) is 3.23. The van der Waals surface area contributed by atoms with Crippen molar-refractivity contribution in [2.45, 2.75) is 19.3 Å². The van der Waals surface area contributed by atoms with Crippen LogP contribution < -0.4 is 5.43 Å². The third kappa shape index (κ3) is 4.94. The summed E-state index contributed by atoms with van der Waals surface area (Å²) in [5.41, 5.74) is 4.05. The van der Waals surface area contributed by atoms with Crippen LogP contribution in [0.2, 0.25) is 0 Å². The van der Waals surface area contributed by atoms with Crippen LogP contribution in [0.15, 0.2) is 53.6 Å². The first-order chi connectivity index (χ1) is 10.6. The molecule has 0 fully saturated rings. The van der Waals surface area contributed by atoms with E-state index in [9.17, 15) is 15.0 Å². The number of para-hydroxylation sites is 1. The predicted molar refractivity (Wildman–Crippen MR) is 84.9 cm³/mol. The minimum atomic E-state index is -0.176. The molecule has 0 bridgehead atoms. The third-order valence-electron chi connectivity index (χ3n) is 3.14. The van der Waals surface area contributed by atoms with Gasteiger partial charge in [0.2, 0.25) is 5.91 Å². The fraction of sp³-hybridized carbons (Fsp3) is 0.176. The number of phenolic OH excluding ortho intramolecular Hbond substituents is 2. The first kappa shape index (κ1) is 15.6. The fourth-order valence-corrected chi connectivity index (χ4v) is 1.94. The van der Waals surface area contributed by atoms with Crippen molar-refractivity contribution in [1.82, 2.24) is 5.43 Å². The van der Waals surface area contributed by atoms with Gasteiger partial charge in [-0.3, -0.25) is 4.79 Å². The molecule has 3 N–H and O–H groups in total. The van der Waals surface area contributed by atoms with Gasteiger partial charge in [0.15, 0.2) is 0 Å². The quantitative estimate of drug-likeness (QED) is 0.566. The van der Waals surface area contributed by atoms with Crippen LogP contribution in [0.25, 0.3) is 0 Å². The van der Waals surface area contributed by atoms with Crippen molar-refractivity contribution in [3.05, 3.63) is 59.7 Å². The van der Waals surface area contributed by atoms with Gasteiger partial charge in [-0.15, -0.1) is 0 Å². The van der Waals surface area contributed by atoms with Crippen molar-refractivity contribution in [2.75, 3.05) is 0 Å². The molecule has 0 saturated heterocycles. The first-order valence-electron chi connectivity index (χ1n) is 7.03. The van der Waals surface area contributed by atoms with E-state index in [1.807, 2.05) is 12.1 Å². The average Bonchev–Trinajstić information content (AvgIpc) is 2.51. The zero-order valence-electron chi connectivity index (χ0n) is 12.1. The smallest absolute Gasteiger partial charge is 0.240 e. The molecular weight excluding hydrogens is 280 g/mol. The van der Waals surface area contributed by atoms with Crippen molar-refractivity contribution in [3.8, 4) is 11.5 Å². The van der Waals surface area contributed by atoms with Gasteiger partial charge in [-0.05, 0) is 42.7 Å². The summed E-state index contributed by atoms with van der Waals surface area (Å²) in [6.45, 7) is 0. The Morgan fingerprint density at radius 1 is 1.09 bits per heavy atom. The number of amides is 1. The highest BCUT2D eigenvalue weighted by Crippen LogP contribution is 2.13. The summed E-state index contributed by atoms with van der Waals surface area (Å²) in [4.78, 5) is 11.6. The summed E-state index contributed by atoms with van der Waals surface area (Å²) in [5.74, 6) is 0.179. The maximum absolute atomic E-state index is 11.6.